The molecule has 4 rings (SSSR count). The molecule has 0 bridgehead atoms. The summed E-state index contributed by atoms with van der Waals surface area (Å²) in [6.45, 7) is 9.24. The number of ether oxygens (including phenoxy) is 2. The first-order valence-corrected chi connectivity index (χ1v) is 12.8. The van der Waals surface area contributed by atoms with Gasteiger partial charge >= 0.3 is 0 Å². The van der Waals surface area contributed by atoms with E-state index in [0.29, 0.717) is 13.2 Å². The molecule has 0 saturated carbocycles. The third-order valence-corrected chi connectivity index (χ3v) is 5.72. The Labute approximate surface area is 216 Å². The van der Waals surface area contributed by atoms with E-state index in [-0.39, 0.29) is 12.8 Å². The molecule has 190 valence electrons. The average Bonchev–Trinajstić information content (AvgIpc) is 2.91. The minimum absolute atomic E-state index is 0.200. The molecule has 1 unspecified atom stereocenters. The first kappa shape index (κ1) is 28.7. The van der Waals surface area contributed by atoms with Gasteiger partial charge in [-0.05, 0) is 54.3 Å². The predicted molar refractivity (Wildman–Crippen MR) is 149 cm³/mol. The van der Waals surface area contributed by atoms with Gasteiger partial charge in [-0.25, -0.2) is 0 Å². The number of aliphatic hydroxyl groups excluding tert-OH is 1. The summed E-state index contributed by atoms with van der Waals surface area (Å²) in [6.07, 6.45) is 0.823. The first-order valence-electron chi connectivity index (χ1n) is 12.3. The third-order valence-electron chi connectivity index (χ3n) is 5.42. The van der Waals surface area contributed by atoms with Gasteiger partial charge in [0.2, 0.25) is 0 Å². The van der Waals surface area contributed by atoms with Crippen LogP contribution in [0.5, 0.6) is 5.75 Å². The Morgan fingerprint density at radius 3 is 2.37 bits per heavy atom. The second-order valence-electron chi connectivity index (χ2n) is 7.78. The zero-order valence-electron chi connectivity index (χ0n) is 21.4. The Balaban J connectivity index is 0.000000803. The van der Waals surface area contributed by atoms with Crippen LogP contribution < -0.4 is 15.0 Å². The number of anilines is 1. The van der Waals surface area contributed by atoms with Gasteiger partial charge in [0.05, 0.1) is 12.2 Å². The standard InChI is InChI=1S/C25H28N2O2S.C2H6O.C2H6/c1-28-25(26-18-20-7-10-22(30)11-8-20)21-9-12-23-24(17-21)29-16-15-27(23)14-13-19-5-3-2-4-6-19;1-2-3;1-2/h2-12,17,25-26,30H,13-16,18H2,1H3;3H,2H2,1H3;1-2H3. The fourth-order valence-corrected chi connectivity index (χ4v) is 3.91. The van der Waals surface area contributed by atoms with Crippen molar-refractivity contribution in [3.05, 3.63) is 89.5 Å². The largest absolute Gasteiger partial charge is 0.490 e. The van der Waals surface area contributed by atoms with Crippen LogP contribution in [0.1, 0.15) is 43.7 Å². The minimum Gasteiger partial charge on any atom is -0.490 e. The molecule has 0 spiro atoms. The Morgan fingerprint density at radius 2 is 1.71 bits per heavy atom. The maximum Gasteiger partial charge on any atom is 0.143 e. The van der Waals surface area contributed by atoms with Gasteiger partial charge in [-0.3, -0.25) is 5.32 Å². The number of rotatable bonds is 8. The van der Waals surface area contributed by atoms with Crippen molar-refractivity contribution in [2.24, 2.45) is 0 Å². The lowest BCUT2D eigenvalue weighted by Gasteiger charge is -2.32. The molecule has 5 nitrogen and oxygen atoms in total. The van der Waals surface area contributed by atoms with Crippen molar-refractivity contribution < 1.29 is 14.6 Å². The first-order chi connectivity index (χ1) is 17.1. The quantitative estimate of drug-likeness (QED) is 0.269. The molecular formula is C29H40N2O3S. The van der Waals surface area contributed by atoms with E-state index in [4.69, 9.17) is 14.6 Å². The van der Waals surface area contributed by atoms with Crippen molar-refractivity contribution in [1.29, 1.82) is 0 Å². The zero-order chi connectivity index (χ0) is 25.5. The molecule has 0 fully saturated rings. The average molecular weight is 497 g/mol. The maximum atomic E-state index is 7.57. The molecule has 1 aliphatic rings. The number of nitrogens with one attached hydrogen (secondary N) is 1. The lowest BCUT2D eigenvalue weighted by molar-refractivity contribution is 0.0718. The number of fused-ring (bicyclic) bond motifs is 1. The van der Waals surface area contributed by atoms with Crippen molar-refractivity contribution in [3.63, 3.8) is 0 Å². The molecule has 0 aliphatic carbocycles. The second kappa shape index (κ2) is 16.2. The molecule has 3 aromatic carbocycles. The number of benzene rings is 3. The number of nitrogens with zero attached hydrogens (tertiary/aromatic N) is 1. The van der Waals surface area contributed by atoms with Crippen LogP contribution in [0.25, 0.3) is 0 Å². The summed E-state index contributed by atoms with van der Waals surface area (Å²) in [5, 5.41) is 11.0. The van der Waals surface area contributed by atoms with E-state index < -0.39 is 0 Å². The smallest absolute Gasteiger partial charge is 0.143 e. The van der Waals surface area contributed by atoms with Crippen molar-refractivity contribution in [2.75, 3.05) is 38.3 Å². The highest BCUT2D eigenvalue weighted by molar-refractivity contribution is 7.80. The molecule has 3 aromatic rings. The van der Waals surface area contributed by atoms with Crippen LogP contribution in [0.15, 0.2) is 77.7 Å². The normalized spacial score (nSPS) is 12.8. The molecule has 1 atom stereocenters. The SMILES string of the molecule is CC.CCO.COC(NCc1ccc(S)cc1)c1ccc2c(c1)OCCN2CCc1ccccc1. The van der Waals surface area contributed by atoms with Gasteiger partial charge in [-0.15, -0.1) is 12.6 Å². The van der Waals surface area contributed by atoms with Crippen LogP contribution in [-0.2, 0) is 17.7 Å². The van der Waals surface area contributed by atoms with E-state index in [1.165, 1.54) is 11.1 Å². The Kier molecular flexibility index (Phi) is 13.3. The van der Waals surface area contributed by atoms with Gasteiger partial charge in [0.1, 0.15) is 18.6 Å². The summed E-state index contributed by atoms with van der Waals surface area (Å²) in [7, 11) is 1.72. The lowest BCUT2D eigenvalue weighted by Crippen LogP contribution is -2.34. The van der Waals surface area contributed by atoms with Gasteiger partial charge in [-0.2, -0.15) is 0 Å². The van der Waals surface area contributed by atoms with Crippen molar-refractivity contribution in [1.82, 2.24) is 5.32 Å². The van der Waals surface area contributed by atoms with E-state index in [9.17, 15) is 0 Å². The van der Waals surface area contributed by atoms with Crippen LogP contribution >= 0.6 is 12.6 Å². The molecule has 2 N–H and O–H groups in total. The Morgan fingerprint density at radius 1 is 1.03 bits per heavy atom. The highest BCUT2D eigenvalue weighted by atomic mass is 32.1. The van der Waals surface area contributed by atoms with Gasteiger partial charge in [-0.1, -0.05) is 62.4 Å². The Hall–Kier alpha value is -2.51. The minimum atomic E-state index is -0.200. The lowest BCUT2D eigenvalue weighted by atomic mass is 10.1. The fraction of sp³-hybridized carbons (Fsp3) is 0.379. The van der Waals surface area contributed by atoms with E-state index in [0.717, 1.165) is 41.4 Å². The summed E-state index contributed by atoms with van der Waals surface area (Å²) in [5.74, 6) is 0.926. The number of thiol groups is 1. The van der Waals surface area contributed by atoms with E-state index in [2.05, 4.69) is 83.5 Å². The molecule has 1 heterocycles. The molecular weight excluding hydrogens is 456 g/mol. The van der Waals surface area contributed by atoms with Crippen molar-refractivity contribution in [2.45, 2.75) is 44.9 Å². The second-order valence-corrected chi connectivity index (χ2v) is 8.29. The zero-order valence-corrected chi connectivity index (χ0v) is 22.3. The summed E-state index contributed by atoms with van der Waals surface area (Å²) in [4.78, 5) is 3.37. The van der Waals surface area contributed by atoms with Crippen LogP contribution in [0, 0.1) is 0 Å². The van der Waals surface area contributed by atoms with E-state index >= 15 is 0 Å². The molecule has 0 radical (unpaired) electrons. The fourth-order valence-electron chi connectivity index (χ4n) is 3.76. The number of methoxy groups -OCH3 is 1. The number of aliphatic hydroxyl groups is 1. The number of hydrogen-bond acceptors (Lipinski definition) is 6. The van der Waals surface area contributed by atoms with Gasteiger partial charge in [0.15, 0.2) is 0 Å². The van der Waals surface area contributed by atoms with Crippen LogP contribution in [0.4, 0.5) is 5.69 Å². The van der Waals surface area contributed by atoms with Crippen molar-refractivity contribution >= 4 is 18.3 Å². The maximum absolute atomic E-state index is 7.57. The molecule has 0 aromatic heterocycles. The topological polar surface area (TPSA) is 54.0 Å². The predicted octanol–water partition coefficient (Wildman–Crippen LogP) is 5.88. The van der Waals surface area contributed by atoms with Gasteiger partial charge < -0.3 is 19.5 Å². The van der Waals surface area contributed by atoms with Gasteiger partial charge in [0, 0.05) is 31.7 Å². The number of hydrogen-bond donors (Lipinski definition) is 3. The monoisotopic (exact) mass is 496 g/mol. The van der Waals surface area contributed by atoms with Crippen LogP contribution in [0.2, 0.25) is 0 Å². The van der Waals surface area contributed by atoms with Crippen LogP contribution in [0.3, 0.4) is 0 Å². The molecule has 0 saturated heterocycles. The highest BCUT2D eigenvalue weighted by Gasteiger charge is 2.20. The van der Waals surface area contributed by atoms with Gasteiger partial charge in [0.25, 0.3) is 0 Å². The molecule has 35 heavy (non-hydrogen) atoms. The highest BCUT2D eigenvalue weighted by Crippen LogP contribution is 2.34. The van der Waals surface area contributed by atoms with E-state index in [1.807, 2.05) is 26.0 Å². The van der Waals surface area contributed by atoms with E-state index in [1.54, 1.807) is 14.0 Å². The Bertz CT molecular complexity index is 967. The van der Waals surface area contributed by atoms with Crippen molar-refractivity contribution in [3.8, 4) is 5.75 Å². The van der Waals surface area contributed by atoms with Crippen LogP contribution in [-0.4, -0.2) is 38.5 Å². The summed E-state index contributed by atoms with van der Waals surface area (Å²) in [6, 6.07) is 25.1. The third kappa shape index (κ3) is 9.22. The summed E-state index contributed by atoms with van der Waals surface area (Å²) >= 11 is 4.34. The molecule has 6 heteroatoms. The molecule has 0 amide bonds. The molecule has 1 aliphatic heterocycles. The summed E-state index contributed by atoms with van der Waals surface area (Å²) < 4.78 is 11.7. The summed E-state index contributed by atoms with van der Waals surface area (Å²) in [5.41, 5.74) is 4.76.